The fraction of sp³-hybridized carbons (Fsp3) is 0.0690. The van der Waals surface area contributed by atoms with Crippen molar-refractivity contribution in [3.63, 3.8) is 0 Å². The predicted octanol–water partition coefficient (Wildman–Crippen LogP) is 8.94. The Bertz CT molecular complexity index is 1580. The van der Waals surface area contributed by atoms with Crippen LogP contribution in [0.5, 0.6) is 0 Å². The largest absolute Gasteiger partial charge is 0.247 e. The molecule has 1 aliphatic rings. The molecule has 2 heterocycles. The molecule has 0 N–H and O–H groups in total. The summed E-state index contributed by atoms with van der Waals surface area (Å²) in [6, 6.07) is 33.0. The van der Waals surface area contributed by atoms with E-state index in [1.807, 2.05) is 47.5 Å². The highest BCUT2D eigenvalue weighted by Gasteiger charge is 2.32. The number of halogens is 3. The number of fused-ring (bicyclic) bond motifs is 1. The minimum absolute atomic E-state index is 0.0201. The zero-order valence-corrected chi connectivity index (χ0v) is 23.7. The molecule has 0 fully saturated rings. The van der Waals surface area contributed by atoms with Gasteiger partial charge in [-0.25, -0.2) is 15.0 Å². The first-order valence-electron chi connectivity index (χ1n) is 11.5. The highest BCUT2D eigenvalue weighted by Crippen LogP contribution is 2.38. The molecule has 1 aromatic heterocycles. The quantitative estimate of drug-likeness (QED) is 0.193. The van der Waals surface area contributed by atoms with Crippen molar-refractivity contribution in [1.29, 1.82) is 0 Å². The molecule has 4 nitrogen and oxygen atoms in total. The van der Waals surface area contributed by atoms with Crippen LogP contribution in [0.3, 0.4) is 0 Å². The van der Waals surface area contributed by atoms with E-state index in [0.29, 0.717) is 5.95 Å². The smallest absolute Gasteiger partial charge is 0.223 e. The van der Waals surface area contributed by atoms with Gasteiger partial charge in [-0.2, -0.15) is 5.10 Å². The van der Waals surface area contributed by atoms with Gasteiger partial charge in [0.2, 0.25) is 5.95 Å². The SMILES string of the molecule is Brc1ccc(C2=NN(c3nc(-c4ccccc4)c4cc(Br)ccc4n3)[C@H](c3ccc(Br)cc3)C2)cc1. The summed E-state index contributed by atoms with van der Waals surface area (Å²) in [5.41, 5.74) is 6.07. The summed E-state index contributed by atoms with van der Waals surface area (Å²) in [5, 5.41) is 8.06. The van der Waals surface area contributed by atoms with Gasteiger partial charge in [-0.1, -0.05) is 102 Å². The highest BCUT2D eigenvalue weighted by atomic mass is 79.9. The molecule has 176 valence electrons. The fourth-order valence-electron chi connectivity index (χ4n) is 4.46. The van der Waals surface area contributed by atoms with Gasteiger partial charge >= 0.3 is 0 Å². The van der Waals surface area contributed by atoms with E-state index in [9.17, 15) is 0 Å². The molecule has 0 amide bonds. The molecule has 0 saturated heterocycles. The first-order chi connectivity index (χ1) is 17.5. The molecule has 1 aliphatic heterocycles. The van der Waals surface area contributed by atoms with Crippen molar-refractivity contribution >= 4 is 70.4 Å². The molecule has 0 bridgehead atoms. The molecular formula is C29H19Br3N4. The molecule has 0 radical (unpaired) electrons. The number of aromatic nitrogens is 2. The summed E-state index contributed by atoms with van der Waals surface area (Å²) in [6.45, 7) is 0. The Labute approximate surface area is 234 Å². The van der Waals surface area contributed by atoms with E-state index in [2.05, 4.69) is 102 Å². The summed E-state index contributed by atoms with van der Waals surface area (Å²) in [5.74, 6) is 0.587. The van der Waals surface area contributed by atoms with Crippen molar-refractivity contribution in [3.05, 3.63) is 122 Å². The molecule has 0 spiro atoms. The van der Waals surface area contributed by atoms with Crippen molar-refractivity contribution in [2.24, 2.45) is 5.10 Å². The minimum atomic E-state index is -0.0201. The second kappa shape index (κ2) is 9.88. The molecule has 0 aliphatic carbocycles. The van der Waals surface area contributed by atoms with Crippen molar-refractivity contribution in [3.8, 4) is 11.3 Å². The molecule has 0 saturated carbocycles. The maximum Gasteiger partial charge on any atom is 0.247 e. The Hall–Kier alpha value is -2.87. The van der Waals surface area contributed by atoms with Crippen LogP contribution in [0.25, 0.3) is 22.2 Å². The summed E-state index contributed by atoms with van der Waals surface area (Å²) < 4.78 is 3.08. The Morgan fingerprint density at radius 2 is 1.33 bits per heavy atom. The van der Waals surface area contributed by atoms with Crippen molar-refractivity contribution in [2.75, 3.05) is 5.01 Å². The van der Waals surface area contributed by atoms with Gasteiger partial charge in [0.15, 0.2) is 0 Å². The van der Waals surface area contributed by atoms with Crippen LogP contribution in [0.2, 0.25) is 0 Å². The molecular weight excluding hydrogens is 644 g/mol. The first-order valence-corrected chi connectivity index (χ1v) is 13.8. The topological polar surface area (TPSA) is 41.4 Å². The Morgan fingerprint density at radius 3 is 2.06 bits per heavy atom. The molecule has 0 unspecified atom stereocenters. The van der Waals surface area contributed by atoms with E-state index in [4.69, 9.17) is 15.1 Å². The van der Waals surface area contributed by atoms with Crippen LogP contribution < -0.4 is 5.01 Å². The Kier molecular flexibility index (Phi) is 6.46. The average Bonchev–Trinajstić information content (AvgIpc) is 3.35. The molecule has 1 atom stereocenters. The van der Waals surface area contributed by atoms with E-state index in [1.165, 1.54) is 0 Å². The van der Waals surface area contributed by atoms with Gasteiger partial charge in [0, 0.05) is 30.8 Å². The third-order valence-corrected chi connectivity index (χ3v) is 7.79. The zero-order valence-electron chi connectivity index (χ0n) is 18.9. The number of hydrogen-bond donors (Lipinski definition) is 0. The second-order valence-electron chi connectivity index (χ2n) is 8.57. The summed E-state index contributed by atoms with van der Waals surface area (Å²) in [6.07, 6.45) is 0.756. The van der Waals surface area contributed by atoms with Crippen LogP contribution in [-0.4, -0.2) is 15.7 Å². The lowest BCUT2D eigenvalue weighted by Gasteiger charge is -2.23. The van der Waals surface area contributed by atoms with E-state index < -0.39 is 0 Å². The van der Waals surface area contributed by atoms with E-state index in [0.717, 1.165) is 58.8 Å². The summed E-state index contributed by atoms with van der Waals surface area (Å²) >= 11 is 10.7. The third-order valence-electron chi connectivity index (χ3n) is 6.24. The average molecular weight is 663 g/mol. The normalized spacial score (nSPS) is 15.4. The lowest BCUT2D eigenvalue weighted by molar-refractivity contribution is 0.689. The molecule has 4 aromatic carbocycles. The Morgan fingerprint density at radius 1 is 0.667 bits per heavy atom. The fourth-order valence-corrected chi connectivity index (χ4v) is 5.35. The van der Waals surface area contributed by atoms with E-state index in [-0.39, 0.29) is 6.04 Å². The molecule has 36 heavy (non-hydrogen) atoms. The monoisotopic (exact) mass is 660 g/mol. The molecule has 5 aromatic rings. The lowest BCUT2D eigenvalue weighted by atomic mass is 9.98. The number of benzene rings is 4. The maximum atomic E-state index is 5.10. The van der Waals surface area contributed by atoms with Gasteiger partial charge in [-0.15, -0.1) is 0 Å². The highest BCUT2D eigenvalue weighted by molar-refractivity contribution is 9.11. The van der Waals surface area contributed by atoms with Crippen LogP contribution in [-0.2, 0) is 0 Å². The van der Waals surface area contributed by atoms with Crippen LogP contribution in [0.4, 0.5) is 5.95 Å². The van der Waals surface area contributed by atoms with Crippen LogP contribution in [0.15, 0.2) is 116 Å². The van der Waals surface area contributed by atoms with E-state index >= 15 is 0 Å². The molecule has 6 rings (SSSR count). The predicted molar refractivity (Wildman–Crippen MR) is 157 cm³/mol. The first kappa shape index (κ1) is 23.5. The van der Waals surface area contributed by atoms with E-state index in [1.54, 1.807) is 0 Å². The van der Waals surface area contributed by atoms with Crippen molar-refractivity contribution in [1.82, 2.24) is 9.97 Å². The van der Waals surface area contributed by atoms with Gasteiger partial charge in [0.05, 0.1) is 23.0 Å². The lowest BCUT2D eigenvalue weighted by Crippen LogP contribution is -2.21. The van der Waals surface area contributed by atoms with Crippen LogP contribution in [0.1, 0.15) is 23.6 Å². The van der Waals surface area contributed by atoms with Gasteiger partial charge < -0.3 is 0 Å². The summed E-state index contributed by atoms with van der Waals surface area (Å²) in [4.78, 5) is 10.1. The summed E-state index contributed by atoms with van der Waals surface area (Å²) in [7, 11) is 0. The van der Waals surface area contributed by atoms with Gasteiger partial charge in [-0.05, 0) is 53.6 Å². The van der Waals surface area contributed by atoms with Crippen molar-refractivity contribution < 1.29 is 0 Å². The third kappa shape index (κ3) is 4.63. The van der Waals surface area contributed by atoms with Crippen LogP contribution in [0, 0.1) is 0 Å². The minimum Gasteiger partial charge on any atom is -0.223 e. The second-order valence-corrected chi connectivity index (χ2v) is 11.3. The number of hydrazone groups is 1. The van der Waals surface area contributed by atoms with Gasteiger partial charge in [-0.3, -0.25) is 0 Å². The number of hydrogen-bond acceptors (Lipinski definition) is 4. The standard InChI is InChI=1S/C29H19Br3N4/c30-21-10-6-18(7-11-21)26-17-27(19-8-12-22(31)13-9-19)36(35-26)29-33-25-15-14-23(32)16-24(25)28(34-29)20-4-2-1-3-5-20/h1-16,27H,17H2/t27-/m0/s1. The van der Waals surface area contributed by atoms with Gasteiger partial charge in [0.25, 0.3) is 0 Å². The Balaban J connectivity index is 1.53. The molecule has 7 heteroatoms. The van der Waals surface area contributed by atoms with Gasteiger partial charge in [0.1, 0.15) is 0 Å². The number of anilines is 1. The zero-order chi connectivity index (χ0) is 24.6. The number of rotatable bonds is 4. The van der Waals surface area contributed by atoms with Crippen molar-refractivity contribution in [2.45, 2.75) is 12.5 Å². The maximum absolute atomic E-state index is 5.10. The van der Waals surface area contributed by atoms with Crippen LogP contribution >= 0.6 is 47.8 Å². The number of nitrogens with zero attached hydrogens (tertiary/aromatic N) is 4.